The molecule has 9 unspecified atom stereocenters. The number of benzene rings is 2. The highest BCUT2D eigenvalue weighted by molar-refractivity contribution is 5.69. The highest BCUT2D eigenvalue weighted by atomic mass is 15.0. The van der Waals surface area contributed by atoms with Crippen LogP contribution in [0.3, 0.4) is 0 Å². The third-order valence-electron chi connectivity index (χ3n) is 13.1. The fourth-order valence-electron chi connectivity index (χ4n) is 11.8. The SMILES string of the molecule is Cc1cccc(C)c1-c1nc(-c2c(C)cccc2C)nc(C2CCC3C4CCCC5CCCC(C6CCCC2C63)C54)n1. The molecule has 1 heterocycles. The molecule has 5 saturated carbocycles. The van der Waals surface area contributed by atoms with Gasteiger partial charge in [0.15, 0.2) is 11.6 Å². The molecule has 3 nitrogen and oxygen atoms in total. The van der Waals surface area contributed by atoms with Crippen molar-refractivity contribution in [3.05, 3.63) is 64.5 Å². The minimum atomic E-state index is 0.461. The van der Waals surface area contributed by atoms with Crippen LogP contribution in [0, 0.1) is 75.0 Å². The second-order valence-corrected chi connectivity index (χ2v) is 15.1. The summed E-state index contributed by atoms with van der Waals surface area (Å²) in [6.45, 7) is 8.84. The van der Waals surface area contributed by atoms with Gasteiger partial charge in [0.1, 0.15) is 5.82 Å². The van der Waals surface area contributed by atoms with Crippen LogP contribution in [0.15, 0.2) is 36.4 Å². The molecular formula is C39H49N3. The first-order valence-corrected chi connectivity index (χ1v) is 17.4. The minimum Gasteiger partial charge on any atom is -0.213 e. The van der Waals surface area contributed by atoms with E-state index in [1.54, 1.807) is 0 Å². The summed E-state index contributed by atoms with van der Waals surface area (Å²) in [5, 5.41) is 0. The maximum absolute atomic E-state index is 5.44. The molecule has 1 aromatic heterocycles. The zero-order valence-electron chi connectivity index (χ0n) is 26.3. The molecule has 0 spiro atoms. The van der Waals surface area contributed by atoms with E-state index in [1.165, 1.54) is 104 Å². The van der Waals surface area contributed by atoms with Gasteiger partial charge in [0, 0.05) is 17.0 Å². The monoisotopic (exact) mass is 559 g/mol. The lowest BCUT2D eigenvalue weighted by Gasteiger charge is -2.63. The number of hydrogen-bond donors (Lipinski definition) is 0. The third-order valence-corrected chi connectivity index (χ3v) is 13.1. The van der Waals surface area contributed by atoms with Crippen molar-refractivity contribution in [1.82, 2.24) is 15.0 Å². The molecule has 0 bridgehead atoms. The first-order valence-electron chi connectivity index (χ1n) is 17.4. The predicted octanol–water partition coefficient (Wildman–Crippen LogP) is 9.81. The van der Waals surface area contributed by atoms with Crippen LogP contribution in [0.4, 0.5) is 0 Å². The van der Waals surface area contributed by atoms with E-state index in [2.05, 4.69) is 64.1 Å². The van der Waals surface area contributed by atoms with Crippen LogP contribution in [-0.2, 0) is 0 Å². The molecule has 5 fully saturated rings. The van der Waals surface area contributed by atoms with Crippen LogP contribution in [0.25, 0.3) is 22.8 Å². The van der Waals surface area contributed by atoms with Crippen molar-refractivity contribution in [2.45, 2.75) is 104 Å². The number of fused-ring (bicyclic) bond motifs is 2. The summed E-state index contributed by atoms with van der Waals surface area (Å²) < 4.78 is 0. The van der Waals surface area contributed by atoms with Gasteiger partial charge in [0.25, 0.3) is 0 Å². The third kappa shape index (κ3) is 4.23. The number of rotatable bonds is 3. The van der Waals surface area contributed by atoms with Gasteiger partial charge in [-0.2, -0.15) is 0 Å². The Morgan fingerprint density at radius 2 is 0.929 bits per heavy atom. The lowest BCUT2D eigenvalue weighted by Crippen LogP contribution is -2.57. The van der Waals surface area contributed by atoms with Crippen molar-refractivity contribution in [2.75, 3.05) is 0 Å². The van der Waals surface area contributed by atoms with Gasteiger partial charge in [-0.25, -0.2) is 15.0 Å². The van der Waals surface area contributed by atoms with E-state index in [0.717, 1.165) is 64.8 Å². The van der Waals surface area contributed by atoms with Crippen LogP contribution in [0.1, 0.15) is 105 Å². The van der Waals surface area contributed by atoms with Crippen LogP contribution < -0.4 is 0 Å². The summed E-state index contributed by atoms with van der Waals surface area (Å²) in [6, 6.07) is 13.2. The molecule has 0 amide bonds. The number of hydrogen-bond acceptors (Lipinski definition) is 3. The summed E-state index contributed by atoms with van der Waals surface area (Å²) in [6.07, 6.45) is 16.0. The number of nitrogens with zero attached hydrogens (tertiary/aromatic N) is 3. The van der Waals surface area contributed by atoms with E-state index in [-0.39, 0.29) is 0 Å². The second-order valence-electron chi connectivity index (χ2n) is 15.1. The van der Waals surface area contributed by atoms with Gasteiger partial charge in [-0.05, 0) is 136 Å². The molecule has 42 heavy (non-hydrogen) atoms. The van der Waals surface area contributed by atoms with Crippen LogP contribution in [0.5, 0.6) is 0 Å². The van der Waals surface area contributed by atoms with Gasteiger partial charge >= 0.3 is 0 Å². The molecule has 9 atom stereocenters. The molecule has 5 aliphatic rings. The quantitative estimate of drug-likeness (QED) is 0.320. The summed E-state index contributed by atoms with van der Waals surface area (Å²) in [5.41, 5.74) is 7.40. The fraction of sp³-hybridized carbons (Fsp3) is 0.615. The minimum absolute atomic E-state index is 0.461. The van der Waals surface area contributed by atoms with Crippen LogP contribution in [0.2, 0.25) is 0 Å². The van der Waals surface area contributed by atoms with E-state index >= 15 is 0 Å². The van der Waals surface area contributed by atoms with E-state index in [1.807, 2.05) is 0 Å². The number of aryl methyl sites for hydroxylation is 4. The molecule has 8 rings (SSSR count). The molecular weight excluding hydrogens is 510 g/mol. The summed E-state index contributed by atoms with van der Waals surface area (Å²) in [7, 11) is 0. The zero-order valence-corrected chi connectivity index (χ0v) is 26.3. The number of aromatic nitrogens is 3. The van der Waals surface area contributed by atoms with Crippen molar-refractivity contribution in [1.29, 1.82) is 0 Å². The Bertz CT molecular complexity index is 1360. The standard InChI is InChI=1S/C39H49N3/c1-22-10-5-11-23(2)33(22)38-40-37(41-39(42-38)34-24(3)12-6-13-25(34)4)32-21-20-31-28-17-8-15-26-14-7-16-27(35(26)28)29-18-9-19-30(32)36(29)31/h5-6,10-13,26-32,35-36H,7-9,14-21H2,1-4H3. The molecule has 0 N–H and O–H groups in total. The Kier molecular flexibility index (Phi) is 6.80. The van der Waals surface area contributed by atoms with Gasteiger partial charge in [-0.3, -0.25) is 0 Å². The highest BCUT2D eigenvalue weighted by Gasteiger charge is 2.59. The van der Waals surface area contributed by atoms with Crippen molar-refractivity contribution in [3.63, 3.8) is 0 Å². The predicted molar refractivity (Wildman–Crippen MR) is 171 cm³/mol. The van der Waals surface area contributed by atoms with Gasteiger partial charge in [0.05, 0.1) is 0 Å². The van der Waals surface area contributed by atoms with E-state index in [0.29, 0.717) is 5.92 Å². The van der Waals surface area contributed by atoms with E-state index < -0.39 is 0 Å². The maximum atomic E-state index is 5.44. The first kappa shape index (κ1) is 27.0. The maximum Gasteiger partial charge on any atom is 0.164 e. The van der Waals surface area contributed by atoms with Crippen molar-refractivity contribution >= 4 is 0 Å². The largest absolute Gasteiger partial charge is 0.213 e. The molecule has 2 aromatic carbocycles. The topological polar surface area (TPSA) is 38.7 Å². The van der Waals surface area contributed by atoms with E-state index in [9.17, 15) is 0 Å². The zero-order chi connectivity index (χ0) is 28.5. The average Bonchev–Trinajstić information content (AvgIpc) is 2.99. The van der Waals surface area contributed by atoms with Gasteiger partial charge < -0.3 is 0 Å². The summed E-state index contributed by atoms with van der Waals surface area (Å²) in [5.74, 6) is 11.0. The summed E-state index contributed by atoms with van der Waals surface area (Å²) >= 11 is 0. The smallest absolute Gasteiger partial charge is 0.164 e. The molecule has 220 valence electrons. The molecule has 3 aromatic rings. The van der Waals surface area contributed by atoms with Gasteiger partial charge in [-0.15, -0.1) is 0 Å². The second kappa shape index (κ2) is 10.6. The van der Waals surface area contributed by atoms with Crippen LogP contribution >= 0.6 is 0 Å². The molecule has 0 radical (unpaired) electrons. The van der Waals surface area contributed by atoms with Gasteiger partial charge in [0.2, 0.25) is 0 Å². The van der Waals surface area contributed by atoms with E-state index in [4.69, 9.17) is 15.0 Å². The Labute approximate surface area is 253 Å². The van der Waals surface area contributed by atoms with Crippen LogP contribution in [-0.4, -0.2) is 15.0 Å². The Balaban J connectivity index is 1.24. The molecule has 0 aliphatic heterocycles. The normalized spacial score (nSPS) is 35.3. The fourth-order valence-corrected chi connectivity index (χ4v) is 11.8. The Morgan fingerprint density at radius 3 is 1.48 bits per heavy atom. The lowest BCUT2D eigenvalue weighted by molar-refractivity contribution is -0.142. The Morgan fingerprint density at radius 1 is 0.476 bits per heavy atom. The van der Waals surface area contributed by atoms with Crippen molar-refractivity contribution in [3.8, 4) is 22.8 Å². The average molecular weight is 560 g/mol. The molecule has 5 aliphatic carbocycles. The summed E-state index contributed by atoms with van der Waals surface area (Å²) in [4.78, 5) is 16.1. The lowest BCUT2D eigenvalue weighted by atomic mass is 9.41. The molecule has 3 heteroatoms. The first-order chi connectivity index (χ1) is 20.5. The molecule has 0 saturated heterocycles. The van der Waals surface area contributed by atoms with Gasteiger partial charge in [-0.1, -0.05) is 68.5 Å². The van der Waals surface area contributed by atoms with Crippen molar-refractivity contribution in [2.24, 2.45) is 47.3 Å². The highest BCUT2D eigenvalue weighted by Crippen LogP contribution is 2.66. The van der Waals surface area contributed by atoms with Crippen molar-refractivity contribution < 1.29 is 0 Å². The Hall–Kier alpha value is -2.55.